The highest BCUT2D eigenvalue weighted by atomic mass is 16.5. The number of hydrogen-bond donors (Lipinski definition) is 1. The number of rotatable bonds is 8. The Morgan fingerprint density at radius 2 is 1.93 bits per heavy atom. The van der Waals surface area contributed by atoms with Crippen LogP contribution in [0.2, 0.25) is 0 Å². The molecule has 0 radical (unpaired) electrons. The van der Waals surface area contributed by atoms with Crippen LogP contribution in [-0.2, 0) is 9.53 Å². The Bertz CT molecular complexity index is 145. The fourth-order valence-corrected chi connectivity index (χ4v) is 1.19. The molecule has 3 nitrogen and oxygen atoms in total. The van der Waals surface area contributed by atoms with Gasteiger partial charge in [-0.2, -0.15) is 0 Å². The smallest absolute Gasteiger partial charge is 0.334 e. The van der Waals surface area contributed by atoms with Crippen molar-refractivity contribution in [2.45, 2.75) is 58.5 Å². The minimum Gasteiger partial charge on any atom is -0.464 e. The van der Waals surface area contributed by atoms with Gasteiger partial charge in [-0.05, 0) is 12.8 Å². The number of aliphatic hydroxyl groups excluding tert-OH is 1. The molecule has 0 aromatic heterocycles. The van der Waals surface area contributed by atoms with E-state index in [0.717, 1.165) is 19.3 Å². The van der Waals surface area contributed by atoms with E-state index in [1.807, 2.05) is 6.92 Å². The summed E-state index contributed by atoms with van der Waals surface area (Å²) >= 11 is 0. The molecule has 0 aliphatic heterocycles. The summed E-state index contributed by atoms with van der Waals surface area (Å²) < 4.78 is 4.91. The molecule has 0 saturated carbocycles. The van der Waals surface area contributed by atoms with Gasteiger partial charge in [0.05, 0.1) is 6.61 Å². The third kappa shape index (κ3) is 6.89. The van der Waals surface area contributed by atoms with Crippen molar-refractivity contribution in [2.75, 3.05) is 6.61 Å². The van der Waals surface area contributed by atoms with E-state index in [1.54, 1.807) is 0 Å². The zero-order valence-corrected chi connectivity index (χ0v) is 9.29. The van der Waals surface area contributed by atoms with Gasteiger partial charge >= 0.3 is 5.97 Å². The summed E-state index contributed by atoms with van der Waals surface area (Å²) in [4.78, 5) is 11.1. The van der Waals surface area contributed by atoms with E-state index in [4.69, 9.17) is 4.74 Å². The van der Waals surface area contributed by atoms with Crippen LogP contribution in [0, 0.1) is 0 Å². The topological polar surface area (TPSA) is 46.5 Å². The Labute approximate surface area is 86.5 Å². The Kier molecular flexibility index (Phi) is 8.64. The van der Waals surface area contributed by atoms with Gasteiger partial charge in [0.1, 0.15) is 0 Å². The summed E-state index contributed by atoms with van der Waals surface area (Å²) in [5.41, 5.74) is 0. The fourth-order valence-electron chi connectivity index (χ4n) is 1.19. The van der Waals surface area contributed by atoms with E-state index in [2.05, 4.69) is 6.92 Å². The quantitative estimate of drug-likeness (QED) is 0.485. The molecule has 14 heavy (non-hydrogen) atoms. The molecule has 0 amide bonds. The molecule has 0 spiro atoms. The maximum atomic E-state index is 11.1. The van der Waals surface area contributed by atoms with Gasteiger partial charge < -0.3 is 9.84 Å². The van der Waals surface area contributed by atoms with Gasteiger partial charge in [0.25, 0.3) is 0 Å². The van der Waals surface area contributed by atoms with Crippen LogP contribution in [0.4, 0.5) is 0 Å². The van der Waals surface area contributed by atoms with Crippen LogP contribution in [-0.4, -0.2) is 23.8 Å². The Balaban J connectivity index is 3.34. The second-order valence-corrected chi connectivity index (χ2v) is 3.53. The predicted molar refractivity (Wildman–Crippen MR) is 56.0 cm³/mol. The Hall–Kier alpha value is -0.570. The average molecular weight is 202 g/mol. The van der Waals surface area contributed by atoms with E-state index in [-0.39, 0.29) is 0 Å². The summed E-state index contributed by atoms with van der Waals surface area (Å²) in [5.74, 6) is -0.469. The third-order valence-corrected chi connectivity index (χ3v) is 2.08. The van der Waals surface area contributed by atoms with E-state index >= 15 is 0 Å². The van der Waals surface area contributed by atoms with E-state index < -0.39 is 12.1 Å². The molecule has 0 fully saturated rings. The van der Waals surface area contributed by atoms with Crippen LogP contribution in [0.15, 0.2) is 0 Å². The SMILES string of the molecule is CCCCCCOC(=O)C(O)CCC. The number of carbonyl (C=O) groups is 1. The highest BCUT2D eigenvalue weighted by molar-refractivity contribution is 5.74. The highest BCUT2D eigenvalue weighted by Crippen LogP contribution is 2.02. The van der Waals surface area contributed by atoms with Crippen molar-refractivity contribution in [3.05, 3.63) is 0 Å². The van der Waals surface area contributed by atoms with Crippen molar-refractivity contribution in [1.82, 2.24) is 0 Å². The Morgan fingerprint density at radius 1 is 1.21 bits per heavy atom. The van der Waals surface area contributed by atoms with E-state index in [9.17, 15) is 9.90 Å². The van der Waals surface area contributed by atoms with Crippen LogP contribution >= 0.6 is 0 Å². The molecule has 0 aromatic rings. The summed E-state index contributed by atoms with van der Waals surface area (Å²) in [5, 5.41) is 9.25. The van der Waals surface area contributed by atoms with Crippen LogP contribution < -0.4 is 0 Å². The first kappa shape index (κ1) is 13.4. The fraction of sp³-hybridized carbons (Fsp3) is 0.909. The van der Waals surface area contributed by atoms with Crippen LogP contribution in [0.3, 0.4) is 0 Å². The van der Waals surface area contributed by atoms with Gasteiger partial charge in [0, 0.05) is 0 Å². The monoisotopic (exact) mass is 202 g/mol. The van der Waals surface area contributed by atoms with E-state index in [1.165, 1.54) is 12.8 Å². The number of unbranched alkanes of at least 4 members (excludes halogenated alkanes) is 3. The molecular weight excluding hydrogens is 180 g/mol. The predicted octanol–water partition coefficient (Wildman–Crippen LogP) is 2.27. The molecule has 1 atom stereocenters. The van der Waals surface area contributed by atoms with Gasteiger partial charge in [-0.3, -0.25) is 0 Å². The summed E-state index contributed by atoms with van der Waals surface area (Å²) in [6.45, 7) is 4.51. The van der Waals surface area contributed by atoms with Gasteiger partial charge in [-0.25, -0.2) is 4.79 Å². The number of ether oxygens (including phenoxy) is 1. The number of carbonyl (C=O) groups excluding carboxylic acids is 1. The lowest BCUT2D eigenvalue weighted by Gasteiger charge is -2.09. The lowest BCUT2D eigenvalue weighted by molar-refractivity contribution is -0.154. The second kappa shape index (κ2) is 9.00. The largest absolute Gasteiger partial charge is 0.464 e. The van der Waals surface area contributed by atoms with Crippen molar-refractivity contribution >= 4 is 5.97 Å². The Morgan fingerprint density at radius 3 is 2.50 bits per heavy atom. The zero-order valence-electron chi connectivity index (χ0n) is 9.29. The highest BCUT2D eigenvalue weighted by Gasteiger charge is 2.14. The van der Waals surface area contributed by atoms with Gasteiger partial charge in [-0.1, -0.05) is 39.5 Å². The molecule has 0 aromatic carbocycles. The van der Waals surface area contributed by atoms with Crippen molar-refractivity contribution in [3.8, 4) is 0 Å². The molecule has 0 aliphatic rings. The first-order valence-electron chi connectivity index (χ1n) is 5.57. The molecule has 1 N–H and O–H groups in total. The van der Waals surface area contributed by atoms with Crippen molar-refractivity contribution in [1.29, 1.82) is 0 Å². The standard InChI is InChI=1S/C11H22O3/c1-3-5-6-7-9-14-11(13)10(12)8-4-2/h10,12H,3-9H2,1-2H3. The van der Waals surface area contributed by atoms with Gasteiger partial charge in [-0.15, -0.1) is 0 Å². The molecule has 1 unspecified atom stereocenters. The number of aliphatic hydroxyl groups is 1. The number of esters is 1. The van der Waals surface area contributed by atoms with Crippen LogP contribution in [0.5, 0.6) is 0 Å². The zero-order chi connectivity index (χ0) is 10.8. The molecule has 0 aliphatic carbocycles. The molecule has 3 heteroatoms. The summed E-state index contributed by atoms with van der Waals surface area (Å²) in [7, 11) is 0. The first-order chi connectivity index (χ1) is 6.72. The van der Waals surface area contributed by atoms with Crippen molar-refractivity contribution in [2.24, 2.45) is 0 Å². The maximum absolute atomic E-state index is 11.1. The first-order valence-corrected chi connectivity index (χ1v) is 5.57. The lowest BCUT2D eigenvalue weighted by atomic mass is 10.2. The molecule has 0 bridgehead atoms. The molecule has 0 heterocycles. The molecule has 84 valence electrons. The average Bonchev–Trinajstić information content (AvgIpc) is 2.17. The van der Waals surface area contributed by atoms with Crippen LogP contribution in [0.25, 0.3) is 0 Å². The second-order valence-electron chi connectivity index (χ2n) is 3.53. The minimum atomic E-state index is -0.925. The van der Waals surface area contributed by atoms with E-state index in [0.29, 0.717) is 13.0 Å². The molecule has 0 saturated heterocycles. The van der Waals surface area contributed by atoms with Crippen molar-refractivity contribution in [3.63, 3.8) is 0 Å². The molecular formula is C11H22O3. The summed E-state index contributed by atoms with van der Waals surface area (Å²) in [6, 6.07) is 0. The normalized spacial score (nSPS) is 12.5. The van der Waals surface area contributed by atoms with Crippen LogP contribution in [0.1, 0.15) is 52.4 Å². The number of hydrogen-bond acceptors (Lipinski definition) is 3. The summed E-state index contributed by atoms with van der Waals surface area (Å²) in [6.07, 6.45) is 4.71. The van der Waals surface area contributed by atoms with Gasteiger partial charge in [0.2, 0.25) is 0 Å². The van der Waals surface area contributed by atoms with Crippen molar-refractivity contribution < 1.29 is 14.6 Å². The van der Waals surface area contributed by atoms with Gasteiger partial charge in [0.15, 0.2) is 6.10 Å². The third-order valence-electron chi connectivity index (χ3n) is 2.08. The lowest BCUT2D eigenvalue weighted by Crippen LogP contribution is -2.23. The maximum Gasteiger partial charge on any atom is 0.334 e. The minimum absolute atomic E-state index is 0.444. The molecule has 0 rings (SSSR count).